The maximum atomic E-state index is 15.3. The molecule has 3 heterocycles. The topological polar surface area (TPSA) is 119 Å². The molecule has 0 aliphatic carbocycles. The largest absolute Gasteiger partial charge is 0.480 e. The van der Waals surface area contributed by atoms with E-state index in [9.17, 15) is 19.5 Å². The molecule has 0 atom stereocenters. The van der Waals surface area contributed by atoms with E-state index in [1.54, 1.807) is 54.0 Å². The van der Waals surface area contributed by atoms with Crippen LogP contribution in [0.2, 0.25) is 5.02 Å². The Bertz CT molecular complexity index is 1790. The number of rotatable bonds is 9. The number of ketones is 1. The number of carboxylic acid groups (broad SMARTS) is 1. The third kappa shape index (κ3) is 4.89. The number of amides is 1. The van der Waals surface area contributed by atoms with Crippen molar-refractivity contribution in [3.05, 3.63) is 98.8 Å². The molecule has 0 fully saturated rings. The van der Waals surface area contributed by atoms with E-state index in [1.165, 1.54) is 17.4 Å². The fraction of sp³-hybridized carbons (Fsp3) is 0.179. The molecule has 0 bridgehead atoms. The number of carbonyl (C=O) groups is 3. The van der Waals surface area contributed by atoms with E-state index in [-0.39, 0.29) is 17.7 Å². The summed E-state index contributed by atoms with van der Waals surface area (Å²) in [4.78, 5) is 39.2. The van der Waals surface area contributed by atoms with Crippen LogP contribution in [0.15, 0.2) is 54.6 Å². The average molecular weight is 580 g/mol. The van der Waals surface area contributed by atoms with Crippen LogP contribution in [0, 0.1) is 12.7 Å². The number of hydrogen-bond donors (Lipinski definition) is 2. The van der Waals surface area contributed by atoms with Gasteiger partial charge in [-0.25, -0.2) is 4.39 Å². The molecule has 9 nitrogen and oxygen atoms in total. The summed E-state index contributed by atoms with van der Waals surface area (Å²) in [5.41, 5.74) is 0.663. The van der Waals surface area contributed by atoms with Crippen LogP contribution < -0.4 is 5.32 Å². The molecule has 0 aliphatic heterocycles. The Hall–Kier alpha value is -4.35. The van der Waals surface area contributed by atoms with Gasteiger partial charge in [-0.2, -0.15) is 0 Å². The van der Waals surface area contributed by atoms with E-state index < -0.39 is 29.9 Å². The Kier molecular flexibility index (Phi) is 7.51. The van der Waals surface area contributed by atoms with Gasteiger partial charge in [-0.05, 0) is 43.7 Å². The van der Waals surface area contributed by atoms with E-state index in [4.69, 9.17) is 11.6 Å². The highest BCUT2D eigenvalue weighted by molar-refractivity contribution is 7.15. The molecule has 1 amide bonds. The normalized spacial score (nSPS) is 11.2. The van der Waals surface area contributed by atoms with Gasteiger partial charge in [0.1, 0.15) is 23.1 Å². The molecule has 0 unspecified atom stereocenters. The highest BCUT2D eigenvalue weighted by Gasteiger charge is 2.26. The summed E-state index contributed by atoms with van der Waals surface area (Å²) >= 11 is 7.71. The SMILES string of the molecule is CCc1cc(C(=O)c2ccccc2Cl)c(-n2c(C)nnc2CNC(=O)c2c(F)c3ccccc3n2CC(=O)O)s1. The number of thiophene rings is 1. The van der Waals surface area contributed by atoms with E-state index in [1.807, 2.05) is 13.0 Å². The monoisotopic (exact) mass is 579 g/mol. The zero-order valence-corrected chi connectivity index (χ0v) is 23.0. The van der Waals surface area contributed by atoms with Gasteiger partial charge < -0.3 is 15.0 Å². The molecule has 0 aliphatic rings. The highest BCUT2D eigenvalue weighted by Crippen LogP contribution is 2.32. The van der Waals surface area contributed by atoms with Crippen LogP contribution in [0.5, 0.6) is 0 Å². The molecule has 2 N–H and O–H groups in total. The molecular formula is C28H23ClFN5O4S. The maximum Gasteiger partial charge on any atom is 0.323 e. The van der Waals surface area contributed by atoms with Gasteiger partial charge >= 0.3 is 5.97 Å². The zero-order chi connectivity index (χ0) is 28.6. The molecule has 0 saturated heterocycles. The van der Waals surface area contributed by atoms with Crippen molar-refractivity contribution in [2.24, 2.45) is 0 Å². The fourth-order valence-corrected chi connectivity index (χ4v) is 5.92. The molecule has 5 rings (SSSR count). The number of halogens is 2. The summed E-state index contributed by atoms with van der Waals surface area (Å²) < 4.78 is 18.1. The number of aryl methyl sites for hydroxylation is 2. The molecule has 40 heavy (non-hydrogen) atoms. The Morgan fingerprint density at radius 2 is 1.80 bits per heavy atom. The first-order valence-corrected chi connectivity index (χ1v) is 13.5. The number of aliphatic carboxylic acids is 1. The van der Waals surface area contributed by atoms with Crippen molar-refractivity contribution < 1.29 is 23.9 Å². The van der Waals surface area contributed by atoms with Crippen LogP contribution in [0.4, 0.5) is 4.39 Å². The summed E-state index contributed by atoms with van der Waals surface area (Å²) in [6, 6.07) is 14.9. The summed E-state index contributed by atoms with van der Waals surface area (Å²) in [5, 5.41) is 21.4. The van der Waals surface area contributed by atoms with E-state index >= 15 is 4.39 Å². The molecule has 0 radical (unpaired) electrons. The van der Waals surface area contributed by atoms with Gasteiger partial charge in [-0.15, -0.1) is 21.5 Å². The van der Waals surface area contributed by atoms with Crippen molar-refractivity contribution in [1.29, 1.82) is 0 Å². The predicted octanol–water partition coefficient (Wildman–Crippen LogP) is 5.19. The number of aromatic nitrogens is 4. The second-order valence-corrected chi connectivity index (χ2v) is 10.5. The number of nitrogens with one attached hydrogen (secondary N) is 1. The first-order chi connectivity index (χ1) is 19.2. The van der Waals surface area contributed by atoms with Crippen LogP contribution in [-0.4, -0.2) is 42.1 Å². The number of para-hydroxylation sites is 1. The second kappa shape index (κ2) is 11.0. The van der Waals surface area contributed by atoms with Crippen molar-refractivity contribution in [3.63, 3.8) is 0 Å². The summed E-state index contributed by atoms with van der Waals surface area (Å²) in [7, 11) is 0. The summed E-state index contributed by atoms with van der Waals surface area (Å²) in [6.45, 7) is 2.94. The number of fused-ring (bicyclic) bond motifs is 1. The van der Waals surface area contributed by atoms with Gasteiger partial charge in [0.2, 0.25) is 0 Å². The van der Waals surface area contributed by atoms with Crippen molar-refractivity contribution in [2.75, 3.05) is 0 Å². The molecule has 2 aromatic carbocycles. The molecular weight excluding hydrogens is 557 g/mol. The van der Waals surface area contributed by atoms with Gasteiger partial charge in [0.05, 0.1) is 22.6 Å². The average Bonchev–Trinajstić information content (AvgIpc) is 3.60. The van der Waals surface area contributed by atoms with Crippen molar-refractivity contribution in [2.45, 2.75) is 33.4 Å². The van der Waals surface area contributed by atoms with Gasteiger partial charge in [0.25, 0.3) is 5.91 Å². The lowest BCUT2D eigenvalue weighted by molar-refractivity contribution is -0.137. The predicted molar refractivity (Wildman–Crippen MR) is 149 cm³/mol. The lowest BCUT2D eigenvalue weighted by Gasteiger charge is -2.12. The highest BCUT2D eigenvalue weighted by atomic mass is 35.5. The molecule has 0 spiro atoms. The Morgan fingerprint density at radius 1 is 1.07 bits per heavy atom. The van der Waals surface area contributed by atoms with Crippen LogP contribution >= 0.6 is 22.9 Å². The molecule has 12 heteroatoms. The maximum absolute atomic E-state index is 15.3. The van der Waals surface area contributed by atoms with E-state index in [0.717, 1.165) is 9.44 Å². The van der Waals surface area contributed by atoms with Gasteiger partial charge in [0, 0.05) is 15.8 Å². The molecule has 0 saturated carbocycles. The lowest BCUT2D eigenvalue weighted by Crippen LogP contribution is -2.28. The second-order valence-electron chi connectivity index (χ2n) is 8.94. The first kappa shape index (κ1) is 27.2. The Labute approximate surface area is 236 Å². The van der Waals surface area contributed by atoms with Crippen LogP contribution in [0.3, 0.4) is 0 Å². The number of carbonyl (C=O) groups excluding carboxylic acids is 2. The summed E-state index contributed by atoms with van der Waals surface area (Å²) in [6.07, 6.45) is 0.689. The van der Waals surface area contributed by atoms with E-state index in [2.05, 4.69) is 15.5 Å². The summed E-state index contributed by atoms with van der Waals surface area (Å²) in [5.74, 6) is -2.32. The lowest BCUT2D eigenvalue weighted by atomic mass is 10.0. The zero-order valence-electron chi connectivity index (χ0n) is 21.4. The quantitative estimate of drug-likeness (QED) is 0.232. The van der Waals surface area contributed by atoms with Crippen molar-refractivity contribution >= 4 is 51.5 Å². The molecule has 5 aromatic rings. The fourth-order valence-electron chi connectivity index (χ4n) is 4.54. The third-order valence-corrected chi connectivity index (χ3v) is 7.99. The minimum absolute atomic E-state index is 0.140. The van der Waals surface area contributed by atoms with Gasteiger partial charge in [-0.1, -0.05) is 42.8 Å². The van der Waals surface area contributed by atoms with Crippen LogP contribution in [-0.2, 0) is 24.3 Å². The first-order valence-electron chi connectivity index (χ1n) is 12.3. The Morgan fingerprint density at radius 3 is 2.52 bits per heavy atom. The van der Waals surface area contributed by atoms with Crippen LogP contribution in [0.25, 0.3) is 15.9 Å². The van der Waals surface area contributed by atoms with Gasteiger partial charge in [-0.3, -0.25) is 19.0 Å². The number of nitrogens with zero attached hydrogens (tertiary/aromatic N) is 4. The van der Waals surface area contributed by atoms with Crippen molar-refractivity contribution in [1.82, 2.24) is 24.6 Å². The van der Waals surface area contributed by atoms with Gasteiger partial charge in [0.15, 0.2) is 17.4 Å². The number of benzene rings is 2. The minimum atomic E-state index is -1.22. The number of hydrogen-bond acceptors (Lipinski definition) is 6. The standard InChI is InChI=1S/C28H23ClFN5O4S/c1-3-16-12-19(26(38)17-8-4-6-10-20(17)29)28(40-16)35-15(2)32-33-22(35)13-31-27(39)25-24(30)18-9-5-7-11-21(18)34(25)14-23(36)37/h4-12H,3,13-14H2,1-2H3,(H,31,39)(H,36,37). The Balaban J connectivity index is 1.50. The van der Waals surface area contributed by atoms with Crippen molar-refractivity contribution in [3.8, 4) is 5.00 Å². The van der Waals surface area contributed by atoms with E-state index in [0.29, 0.717) is 44.7 Å². The van der Waals surface area contributed by atoms with Crippen LogP contribution in [0.1, 0.15) is 49.9 Å². The smallest absolute Gasteiger partial charge is 0.323 e. The molecule has 204 valence electrons. The number of carboxylic acids is 1. The molecule has 3 aromatic heterocycles. The minimum Gasteiger partial charge on any atom is -0.480 e. The third-order valence-electron chi connectivity index (χ3n) is 6.39.